The molecule has 0 aliphatic carbocycles. The van der Waals surface area contributed by atoms with E-state index >= 15 is 0 Å². The first-order chi connectivity index (χ1) is 15.2. The molecule has 7 heteroatoms. The van der Waals surface area contributed by atoms with E-state index in [2.05, 4.69) is 10.5 Å². The standard InChI is InChI=1S/C24H21ClN4O2/c1-30-22-13-12-17(14-23(22)31-2)24-18(15-26-27-21-11-7-6-10-20(21)25)16-29(28-24)19-8-4-3-5-9-19/h3-16,27H,1-2H3/b26-15-. The van der Waals surface area contributed by atoms with Crippen molar-refractivity contribution in [2.75, 3.05) is 19.6 Å². The maximum absolute atomic E-state index is 6.20. The molecule has 0 bridgehead atoms. The van der Waals surface area contributed by atoms with Gasteiger partial charge in [0.05, 0.1) is 36.8 Å². The Bertz CT molecular complexity index is 1210. The highest BCUT2D eigenvalue weighted by atomic mass is 35.5. The molecule has 0 spiro atoms. The van der Waals surface area contributed by atoms with Crippen molar-refractivity contribution in [2.45, 2.75) is 0 Å². The molecule has 0 radical (unpaired) electrons. The summed E-state index contributed by atoms with van der Waals surface area (Å²) >= 11 is 6.20. The van der Waals surface area contributed by atoms with Crippen LogP contribution < -0.4 is 14.9 Å². The Kier molecular flexibility index (Phi) is 6.19. The molecule has 0 saturated carbocycles. The number of nitrogens with zero attached hydrogens (tertiary/aromatic N) is 3. The number of hydrogen-bond acceptors (Lipinski definition) is 5. The smallest absolute Gasteiger partial charge is 0.161 e. The fraction of sp³-hybridized carbons (Fsp3) is 0.0833. The molecule has 0 unspecified atom stereocenters. The summed E-state index contributed by atoms with van der Waals surface area (Å²) in [6, 6.07) is 23.0. The zero-order chi connectivity index (χ0) is 21.6. The van der Waals surface area contributed by atoms with E-state index in [1.165, 1.54) is 0 Å². The highest BCUT2D eigenvalue weighted by Gasteiger charge is 2.14. The molecular formula is C24H21ClN4O2. The lowest BCUT2D eigenvalue weighted by atomic mass is 10.1. The highest BCUT2D eigenvalue weighted by Crippen LogP contribution is 2.33. The van der Waals surface area contributed by atoms with E-state index in [1.54, 1.807) is 20.4 Å². The number of halogens is 1. The Balaban J connectivity index is 1.73. The van der Waals surface area contributed by atoms with Crippen LogP contribution in [0.1, 0.15) is 5.56 Å². The van der Waals surface area contributed by atoms with Crippen LogP contribution in [0.5, 0.6) is 11.5 Å². The third-order valence-electron chi connectivity index (χ3n) is 4.68. The van der Waals surface area contributed by atoms with E-state index in [0.717, 1.165) is 28.2 Å². The molecule has 156 valence electrons. The summed E-state index contributed by atoms with van der Waals surface area (Å²) in [6.07, 6.45) is 3.65. The van der Waals surface area contributed by atoms with Gasteiger partial charge < -0.3 is 9.47 Å². The lowest BCUT2D eigenvalue weighted by molar-refractivity contribution is 0.355. The summed E-state index contributed by atoms with van der Waals surface area (Å²) in [6.45, 7) is 0. The molecule has 0 saturated heterocycles. The van der Waals surface area contributed by atoms with E-state index in [0.29, 0.717) is 16.5 Å². The number of nitrogens with one attached hydrogen (secondary N) is 1. The molecule has 3 aromatic carbocycles. The maximum Gasteiger partial charge on any atom is 0.161 e. The Morgan fingerprint density at radius 2 is 1.68 bits per heavy atom. The molecule has 1 N–H and O–H groups in total. The Morgan fingerprint density at radius 1 is 0.935 bits per heavy atom. The van der Waals surface area contributed by atoms with Gasteiger partial charge in [-0.3, -0.25) is 5.43 Å². The number of rotatable bonds is 7. The zero-order valence-electron chi connectivity index (χ0n) is 17.1. The van der Waals surface area contributed by atoms with Gasteiger partial charge in [0.25, 0.3) is 0 Å². The molecule has 6 nitrogen and oxygen atoms in total. The first kappa shape index (κ1) is 20.5. The van der Waals surface area contributed by atoms with E-state index in [4.69, 9.17) is 26.2 Å². The molecule has 1 heterocycles. The zero-order valence-corrected chi connectivity index (χ0v) is 17.9. The van der Waals surface area contributed by atoms with Gasteiger partial charge in [0.1, 0.15) is 5.69 Å². The number of methoxy groups -OCH3 is 2. The average molecular weight is 433 g/mol. The van der Waals surface area contributed by atoms with Crippen LogP contribution in [0.25, 0.3) is 16.9 Å². The van der Waals surface area contributed by atoms with Crippen molar-refractivity contribution in [3.8, 4) is 28.4 Å². The fourth-order valence-electron chi connectivity index (χ4n) is 3.13. The van der Waals surface area contributed by atoms with Gasteiger partial charge in [0.2, 0.25) is 0 Å². The molecule has 31 heavy (non-hydrogen) atoms. The summed E-state index contributed by atoms with van der Waals surface area (Å²) < 4.78 is 12.6. The molecule has 0 aliphatic rings. The van der Waals surface area contributed by atoms with E-state index in [1.807, 2.05) is 83.7 Å². The van der Waals surface area contributed by atoms with Crippen LogP contribution in [0.4, 0.5) is 5.69 Å². The van der Waals surface area contributed by atoms with Crippen molar-refractivity contribution in [1.29, 1.82) is 0 Å². The topological polar surface area (TPSA) is 60.7 Å². The normalized spacial score (nSPS) is 10.9. The van der Waals surface area contributed by atoms with Crippen LogP contribution in [0.3, 0.4) is 0 Å². The summed E-state index contributed by atoms with van der Waals surface area (Å²) in [7, 11) is 3.22. The van der Waals surface area contributed by atoms with Crippen molar-refractivity contribution in [1.82, 2.24) is 9.78 Å². The highest BCUT2D eigenvalue weighted by molar-refractivity contribution is 6.33. The van der Waals surface area contributed by atoms with Crippen LogP contribution in [0.15, 0.2) is 84.1 Å². The minimum atomic E-state index is 0.597. The summed E-state index contributed by atoms with van der Waals surface area (Å²) in [5, 5.41) is 9.77. The third-order valence-corrected chi connectivity index (χ3v) is 5.01. The lowest BCUT2D eigenvalue weighted by Crippen LogP contribution is -1.95. The third kappa shape index (κ3) is 4.54. The minimum absolute atomic E-state index is 0.597. The fourth-order valence-corrected chi connectivity index (χ4v) is 3.30. The predicted molar refractivity (Wildman–Crippen MR) is 125 cm³/mol. The molecule has 0 aliphatic heterocycles. The predicted octanol–water partition coefficient (Wildman–Crippen LogP) is 5.66. The summed E-state index contributed by atoms with van der Waals surface area (Å²) in [5.41, 5.74) is 7.13. The van der Waals surface area contributed by atoms with Crippen molar-refractivity contribution >= 4 is 23.5 Å². The van der Waals surface area contributed by atoms with E-state index in [-0.39, 0.29) is 0 Å². The van der Waals surface area contributed by atoms with Crippen molar-refractivity contribution in [3.63, 3.8) is 0 Å². The first-order valence-corrected chi connectivity index (χ1v) is 9.98. The van der Waals surface area contributed by atoms with Gasteiger partial charge in [-0.05, 0) is 42.5 Å². The second-order valence-electron chi connectivity index (χ2n) is 6.63. The average Bonchev–Trinajstić information content (AvgIpc) is 3.24. The number of ether oxygens (including phenoxy) is 2. The Morgan fingerprint density at radius 3 is 2.42 bits per heavy atom. The summed E-state index contributed by atoms with van der Waals surface area (Å²) in [5.74, 6) is 1.29. The number of aromatic nitrogens is 2. The van der Waals surface area contributed by atoms with E-state index < -0.39 is 0 Å². The molecule has 4 aromatic rings. The number of hydrazone groups is 1. The molecule has 4 rings (SSSR count). The van der Waals surface area contributed by atoms with Gasteiger partial charge in [0.15, 0.2) is 11.5 Å². The van der Waals surface area contributed by atoms with Crippen LogP contribution in [0.2, 0.25) is 5.02 Å². The minimum Gasteiger partial charge on any atom is -0.493 e. The maximum atomic E-state index is 6.20. The second-order valence-corrected chi connectivity index (χ2v) is 7.04. The number of para-hydroxylation sites is 2. The number of hydrogen-bond donors (Lipinski definition) is 1. The molecule has 0 amide bonds. The quantitative estimate of drug-likeness (QED) is 0.302. The van der Waals surface area contributed by atoms with Crippen LogP contribution >= 0.6 is 11.6 Å². The molecule has 0 atom stereocenters. The Hall–Kier alpha value is -3.77. The monoisotopic (exact) mass is 432 g/mol. The van der Waals surface area contributed by atoms with Crippen LogP contribution in [-0.4, -0.2) is 30.2 Å². The lowest BCUT2D eigenvalue weighted by Gasteiger charge is -2.09. The van der Waals surface area contributed by atoms with Crippen molar-refractivity contribution in [3.05, 3.63) is 89.6 Å². The van der Waals surface area contributed by atoms with Crippen molar-refractivity contribution < 1.29 is 9.47 Å². The molecule has 0 fully saturated rings. The second kappa shape index (κ2) is 9.36. The van der Waals surface area contributed by atoms with E-state index in [9.17, 15) is 0 Å². The number of benzene rings is 3. The van der Waals surface area contributed by atoms with Gasteiger partial charge in [0, 0.05) is 17.3 Å². The molecular weight excluding hydrogens is 412 g/mol. The number of anilines is 1. The van der Waals surface area contributed by atoms with Crippen molar-refractivity contribution in [2.24, 2.45) is 5.10 Å². The SMILES string of the molecule is COc1ccc(-c2nn(-c3ccccc3)cc2/C=N\Nc2ccccc2Cl)cc1OC. The van der Waals surface area contributed by atoms with Gasteiger partial charge >= 0.3 is 0 Å². The van der Waals surface area contributed by atoms with Crippen LogP contribution in [-0.2, 0) is 0 Å². The first-order valence-electron chi connectivity index (χ1n) is 9.60. The Labute approximate surface area is 185 Å². The summed E-state index contributed by atoms with van der Waals surface area (Å²) in [4.78, 5) is 0. The van der Waals surface area contributed by atoms with Crippen LogP contribution in [0, 0.1) is 0 Å². The largest absolute Gasteiger partial charge is 0.493 e. The molecule has 1 aromatic heterocycles. The van der Waals surface area contributed by atoms with Gasteiger partial charge in [-0.1, -0.05) is 41.9 Å². The van der Waals surface area contributed by atoms with Gasteiger partial charge in [-0.15, -0.1) is 0 Å². The van der Waals surface area contributed by atoms with Gasteiger partial charge in [-0.2, -0.15) is 10.2 Å². The van der Waals surface area contributed by atoms with Gasteiger partial charge in [-0.25, -0.2) is 4.68 Å².